The van der Waals surface area contributed by atoms with Gasteiger partial charge in [-0.25, -0.2) is 0 Å². The van der Waals surface area contributed by atoms with E-state index in [9.17, 15) is 0 Å². The molecule has 3 nitrogen and oxygen atoms in total. The number of rotatable bonds is 1. The molecule has 2 N–H and O–H groups in total. The lowest BCUT2D eigenvalue weighted by molar-refractivity contribution is 0.730. The van der Waals surface area contributed by atoms with Gasteiger partial charge in [-0.05, 0) is 36.7 Å². The van der Waals surface area contributed by atoms with Gasteiger partial charge >= 0.3 is 0 Å². The monoisotopic (exact) mass is 215 g/mol. The van der Waals surface area contributed by atoms with Crippen LogP contribution in [0.3, 0.4) is 0 Å². The van der Waals surface area contributed by atoms with Crippen molar-refractivity contribution in [3.63, 3.8) is 0 Å². The molecule has 0 saturated carbocycles. The Morgan fingerprint density at radius 2 is 1.75 bits per heavy atom. The summed E-state index contributed by atoms with van der Waals surface area (Å²) in [6.45, 7) is 0.347. The van der Waals surface area contributed by atoms with Crippen molar-refractivity contribution in [3.05, 3.63) is 14.3 Å². The Balaban J connectivity index is 3.52. The number of hydrogen-bond donors (Lipinski definition) is 2. The van der Waals surface area contributed by atoms with Crippen molar-refractivity contribution < 1.29 is 0 Å². The summed E-state index contributed by atoms with van der Waals surface area (Å²) < 4.78 is 2.89. The predicted octanol–water partition coefficient (Wildman–Crippen LogP) is 1.97. The largest absolute Gasteiger partial charge is 0.309 e. The van der Waals surface area contributed by atoms with Crippen molar-refractivity contribution in [1.29, 1.82) is 0 Å². The first-order chi connectivity index (χ1) is 5.65. The van der Waals surface area contributed by atoms with Gasteiger partial charge in [0, 0.05) is 0 Å². The third-order valence-electron chi connectivity index (χ3n) is 1.18. The van der Waals surface area contributed by atoms with Gasteiger partial charge < -0.3 is 9.97 Å². The zero-order chi connectivity index (χ0) is 9.14. The van der Waals surface area contributed by atoms with E-state index in [1.165, 1.54) is 0 Å². The zero-order valence-electron chi connectivity index (χ0n) is 5.96. The molecule has 6 heteroatoms. The zero-order valence-corrected chi connectivity index (χ0v) is 8.41. The molecule has 1 aromatic heterocycles. The van der Waals surface area contributed by atoms with Gasteiger partial charge in [0.2, 0.25) is 0 Å². The molecule has 0 atom stereocenters. The topological polar surface area (TPSA) is 36.5 Å². The molecule has 0 saturated heterocycles. The van der Waals surface area contributed by atoms with Gasteiger partial charge in [-0.3, -0.25) is 4.57 Å². The second kappa shape index (κ2) is 3.76. The molecule has 0 aliphatic carbocycles. The van der Waals surface area contributed by atoms with Crippen LogP contribution < -0.4 is 0 Å². The fraction of sp³-hybridized carbons (Fsp3) is 0.167. The SMILES string of the molecule is C#CCn1c(=S)[nH]c(=S)[nH]c1=S. The van der Waals surface area contributed by atoms with E-state index in [-0.39, 0.29) is 0 Å². The average Bonchev–Trinajstić information content (AvgIpc) is 1.96. The third kappa shape index (κ3) is 1.88. The van der Waals surface area contributed by atoms with Crippen LogP contribution in [0.1, 0.15) is 0 Å². The highest BCUT2D eigenvalue weighted by Gasteiger charge is 1.91. The summed E-state index contributed by atoms with van der Waals surface area (Å²) in [5.41, 5.74) is 0. The van der Waals surface area contributed by atoms with Gasteiger partial charge in [-0.15, -0.1) is 6.42 Å². The van der Waals surface area contributed by atoms with Crippen LogP contribution in [0, 0.1) is 26.7 Å². The fourth-order valence-corrected chi connectivity index (χ4v) is 1.58. The molecule has 1 heterocycles. The summed E-state index contributed by atoms with van der Waals surface area (Å²) in [7, 11) is 0. The van der Waals surface area contributed by atoms with E-state index in [0.717, 1.165) is 0 Å². The van der Waals surface area contributed by atoms with E-state index < -0.39 is 0 Å². The second-order valence-corrected chi connectivity index (χ2v) is 3.16. The summed E-state index contributed by atoms with van der Waals surface area (Å²) in [5, 5.41) is 0. The lowest BCUT2D eigenvalue weighted by Crippen LogP contribution is -2.04. The first-order valence-electron chi connectivity index (χ1n) is 3.02. The number of aromatic nitrogens is 3. The maximum atomic E-state index is 5.12. The molecule has 0 fully saturated rings. The summed E-state index contributed by atoms with van der Waals surface area (Å²) in [5.74, 6) is 2.44. The van der Waals surface area contributed by atoms with E-state index in [0.29, 0.717) is 20.9 Å². The van der Waals surface area contributed by atoms with Crippen LogP contribution in [0.4, 0.5) is 0 Å². The second-order valence-electron chi connectivity index (χ2n) is 1.98. The summed E-state index contributed by atoms with van der Waals surface area (Å²) in [6.07, 6.45) is 5.12. The molecule has 0 spiro atoms. The Labute approximate surface area is 84.5 Å². The highest BCUT2D eigenvalue weighted by atomic mass is 32.1. The quantitative estimate of drug-likeness (QED) is 0.555. The molecule has 1 rings (SSSR count). The maximum absolute atomic E-state index is 5.12. The minimum Gasteiger partial charge on any atom is -0.309 e. The van der Waals surface area contributed by atoms with Crippen LogP contribution in [0.15, 0.2) is 0 Å². The predicted molar refractivity (Wildman–Crippen MR) is 54.5 cm³/mol. The molecule has 0 amide bonds. The van der Waals surface area contributed by atoms with Crippen molar-refractivity contribution in [1.82, 2.24) is 14.5 Å². The van der Waals surface area contributed by atoms with Crippen LogP contribution in [-0.4, -0.2) is 14.5 Å². The minimum atomic E-state index is 0.347. The van der Waals surface area contributed by atoms with Crippen LogP contribution in [0.5, 0.6) is 0 Å². The van der Waals surface area contributed by atoms with Crippen molar-refractivity contribution in [3.8, 4) is 12.3 Å². The molecule has 62 valence electrons. The lowest BCUT2D eigenvalue weighted by atomic mass is 10.6. The Morgan fingerprint density at radius 1 is 1.25 bits per heavy atom. The summed E-state index contributed by atoms with van der Waals surface area (Å²) in [6, 6.07) is 0. The Hall–Kier alpha value is -0.770. The number of hydrogen-bond acceptors (Lipinski definition) is 3. The number of H-pyrrole nitrogens is 2. The Morgan fingerprint density at radius 3 is 2.17 bits per heavy atom. The van der Waals surface area contributed by atoms with E-state index >= 15 is 0 Å². The first kappa shape index (κ1) is 9.32. The molecule has 1 aromatic rings. The van der Waals surface area contributed by atoms with E-state index in [1.54, 1.807) is 4.57 Å². The summed E-state index contributed by atoms with van der Waals surface area (Å²) in [4.78, 5) is 5.48. The highest BCUT2D eigenvalue weighted by molar-refractivity contribution is 7.72. The van der Waals surface area contributed by atoms with Crippen LogP contribution in [0.2, 0.25) is 0 Å². The van der Waals surface area contributed by atoms with Crippen molar-refractivity contribution in [2.45, 2.75) is 6.54 Å². The number of nitrogens with one attached hydrogen (secondary N) is 2. The van der Waals surface area contributed by atoms with Crippen molar-refractivity contribution in [2.24, 2.45) is 0 Å². The number of terminal acetylenes is 1. The van der Waals surface area contributed by atoms with Crippen molar-refractivity contribution in [2.75, 3.05) is 0 Å². The molecular weight excluding hydrogens is 210 g/mol. The van der Waals surface area contributed by atoms with Crippen LogP contribution >= 0.6 is 36.7 Å². The van der Waals surface area contributed by atoms with E-state index in [2.05, 4.69) is 15.9 Å². The molecule has 0 aromatic carbocycles. The Kier molecular flexibility index (Phi) is 2.92. The van der Waals surface area contributed by atoms with Crippen molar-refractivity contribution >= 4 is 36.7 Å². The molecule has 0 aliphatic rings. The molecule has 12 heavy (non-hydrogen) atoms. The lowest BCUT2D eigenvalue weighted by Gasteiger charge is -2.00. The highest BCUT2D eigenvalue weighted by Crippen LogP contribution is 1.90. The minimum absolute atomic E-state index is 0.347. The normalized spacial score (nSPS) is 9.25. The van der Waals surface area contributed by atoms with Crippen LogP contribution in [0.25, 0.3) is 0 Å². The fourth-order valence-electron chi connectivity index (χ4n) is 0.688. The van der Waals surface area contributed by atoms with Crippen LogP contribution in [-0.2, 0) is 6.54 Å². The summed E-state index contributed by atoms with van der Waals surface area (Å²) >= 11 is 14.7. The Bertz CT molecular complexity index is 450. The van der Waals surface area contributed by atoms with E-state index in [1.807, 2.05) is 0 Å². The molecule has 0 bridgehead atoms. The van der Waals surface area contributed by atoms with Gasteiger partial charge in [-0.2, -0.15) is 0 Å². The molecular formula is C6H5N3S3. The number of nitrogens with zero attached hydrogens (tertiary/aromatic N) is 1. The standard InChI is InChI=1S/C6H5N3S3/c1-2-3-9-5(11)7-4(10)8-6(9)12/h1H,3H2,(H2,7,8,10,11,12). The average molecular weight is 215 g/mol. The first-order valence-corrected chi connectivity index (χ1v) is 4.24. The van der Waals surface area contributed by atoms with Gasteiger partial charge in [0.15, 0.2) is 14.3 Å². The molecule has 0 unspecified atom stereocenters. The van der Waals surface area contributed by atoms with Gasteiger partial charge in [0.1, 0.15) is 0 Å². The molecule has 0 aliphatic heterocycles. The van der Waals surface area contributed by atoms with Gasteiger partial charge in [-0.1, -0.05) is 5.92 Å². The van der Waals surface area contributed by atoms with Gasteiger partial charge in [0.25, 0.3) is 0 Å². The molecule has 0 radical (unpaired) electrons. The maximum Gasteiger partial charge on any atom is 0.182 e. The smallest absolute Gasteiger partial charge is 0.182 e. The van der Waals surface area contributed by atoms with Gasteiger partial charge in [0.05, 0.1) is 6.54 Å². The van der Waals surface area contributed by atoms with E-state index in [4.69, 9.17) is 43.1 Å². The number of aromatic amines is 2. The third-order valence-corrected chi connectivity index (χ3v) is 2.03.